The first-order chi connectivity index (χ1) is 13.8. The Kier molecular flexibility index (Phi) is 4.89. The lowest BCUT2D eigenvalue weighted by Crippen LogP contribution is -2.23. The summed E-state index contributed by atoms with van der Waals surface area (Å²) in [6.07, 6.45) is -2.20. The molecule has 6 nitrogen and oxygen atoms in total. The van der Waals surface area contributed by atoms with Gasteiger partial charge in [-0.25, -0.2) is 4.68 Å². The number of nitrogens with zero attached hydrogens (tertiary/aromatic N) is 4. The number of rotatable bonds is 4. The maximum Gasteiger partial charge on any atom is 0.435 e. The van der Waals surface area contributed by atoms with Crippen molar-refractivity contribution >= 4 is 11.7 Å². The summed E-state index contributed by atoms with van der Waals surface area (Å²) in [4.78, 5) is 12.6. The Bertz CT molecular complexity index is 1040. The Balaban J connectivity index is 1.58. The van der Waals surface area contributed by atoms with E-state index in [1.54, 1.807) is 17.7 Å². The van der Waals surface area contributed by atoms with E-state index in [2.05, 4.69) is 15.5 Å². The number of aromatic nitrogens is 4. The van der Waals surface area contributed by atoms with Crippen molar-refractivity contribution in [2.45, 2.75) is 45.3 Å². The maximum atomic E-state index is 13.3. The molecule has 4 rings (SSSR count). The van der Waals surface area contributed by atoms with Gasteiger partial charge in [-0.15, -0.1) is 0 Å². The molecule has 0 saturated carbocycles. The highest BCUT2D eigenvalue weighted by Gasteiger charge is 2.39. The van der Waals surface area contributed by atoms with Crippen LogP contribution in [0.3, 0.4) is 0 Å². The van der Waals surface area contributed by atoms with E-state index in [4.69, 9.17) is 0 Å². The molecule has 0 fully saturated rings. The number of halogens is 3. The molecule has 1 aliphatic carbocycles. The highest BCUT2D eigenvalue weighted by Crippen LogP contribution is 2.35. The van der Waals surface area contributed by atoms with Crippen LogP contribution < -0.4 is 5.32 Å². The molecular weight excluding hydrogens is 383 g/mol. The average molecular weight is 403 g/mol. The summed E-state index contributed by atoms with van der Waals surface area (Å²) in [6.45, 7) is 1.52. The van der Waals surface area contributed by atoms with Crippen LogP contribution in [-0.4, -0.2) is 25.5 Å². The molecule has 0 bridgehead atoms. The highest BCUT2D eigenvalue weighted by molar-refractivity contribution is 5.90. The van der Waals surface area contributed by atoms with Gasteiger partial charge in [0.1, 0.15) is 12.4 Å². The summed E-state index contributed by atoms with van der Waals surface area (Å²) in [5.74, 6) is 0.00227. The second kappa shape index (κ2) is 7.38. The monoisotopic (exact) mass is 403 g/mol. The lowest BCUT2D eigenvalue weighted by molar-refractivity contribution is -0.142. The van der Waals surface area contributed by atoms with Crippen molar-refractivity contribution in [3.8, 4) is 5.69 Å². The molecule has 0 spiro atoms. The highest BCUT2D eigenvalue weighted by atomic mass is 19.4. The van der Waals surface area contributed by atoms with Gasteiger partial charge in [0.25, 0.3) is 0 Å². The Morgan fingerprint density at radius 2 is 1.86 bits per heavy atom. The Morgan fingerprint density at radius 1 is 1.14 bits per heavy atom. The van der Waals surface area contributed by atoms with Crippen LogP contribution in [0, 0.1) is 6.92 Å². The molecule has 1 aromatic carbocycles. The van der Waals surface area contributed by atoms with E-state index < -0.39 is 17.8 Å². The van der Waals surface area contributed by atoms with Gasteiger partial charge in [0.2, 0.25) is 5.91 Å². The number of para-hydroxylation sites is 1. The third-order valence-corrected chi connectivity index (χ3v) is 4.92. The van der Waals surface area contributed by atoms with Gasteiger partial charge in [-0.1, -0.05) is 18.2 Å². The molecule has 1 N–H and O–H groups in total. The zero-order chi connectivity index (χ0) is 20.6. The van der Waals surface area contributed by atoms with Crippen molar-refractivity contribution < 1.29 is 18.0 Å². The molecule has 0 aliphatic heterocycles. The number of hydrogen-bond donors (Lipinski definition) is 1. The van der Waals surface area contributed by atoms with Crippen LogP contribution in [0.2, 0.25) is 0 Å². The fourth-order valence-corrected chi connectivity index (χ4v) is 3.70. The molecule has 2 aromatic heterocycles. The molecule has 0 unspecified atom stereocenters. The third kappa shape index (κ3) is 3.90. The molecule has 1 amide bonds. The van der Waals surface area contributed by atoms with Crippen LogP contribution in [0.15, 0.2) is 36.4 Å². The van der Waals surface area contributed by atoms with E-state index in [1.807, 2.05) is 30.3 Å². The van der Waals surface area contributed by atoms with Crippen LogP contribution in [-0.2, 0) is 30.4 Å². The Labute approximate surface area is 165 Å². The number of aryl methyl sites for hydroxylation is 1. The predicted molar refractivity (Wildman–Crippen MR) is 101 cm³/mol. The largest absolute Gasteiger partial charge is 0.435 e. The van der Waals surface area contributed by atoms with E-state index in [9.17, 15) is 18.0 Å². The van der Waals surface area contributed by atoms with Crippen LogP contribution in [0.1, 0.15) is 35.5 Å². The lowest BCUT2D eigenvalue weighted by Gasteiger charge is -2.15. The van der Waals surface area contributed by atoms with Gasteiger partial charge in [0.15, 0.2) is 5.69 Å². The van der Waals surface area contributed by atoms with Crippen molar-refractivity contribution in [3.63, 3.8) is 0 Å². The smallest absolute Gasteiger partial charge is 0.309 e. The second-order valence-electron chi connectivity index (χ2n) is 7.10. The normalized spacial score (nSPS) is 13.9. The number of anilines is 1. The molecule has 29 heavy (non-hydrogen) atoms. The summed E-state index contributed by atoms with van der Waals surface area (Å²) >= 11 is 0. The van der Waals surface area contributed by atoms with Crippen molar-refractivity contribution in [2.75, 3.05) is 5.32 Å². The minimum Gasteiger partial charge on any atom is -0.309 e. The number of nitrogens with one attached hydrogen (secondary N) is 1. The number of carbonyl (C=O) groups excluding carboxylic acids is 1. The zero-order valence-corrected chi connectivity index (χ0v) is 15.8. The first kappa shape index (κ1) is 19.2. The third-order valence-electron chi connectivity index (χ3n) is 4.92. The minimum absolute atomic E-state index is 0.224. The van der Waals surface area contributed by atoms with Crippen LogP contribution in [0.5, 0.6) is 0 Å². The number of hydrogen-bond acceptors (Lipinski definition) is 3. The van der Waals surface area contributed by atoms with Gasteiger partial charge >= 0.3 is 6.18 Å². The molecule has 0 atom stereocenters. The van der Waals surface area contributed by atoms with E-state index >= 15 is 0 Å². The van der Waals surface area contributed by atoms with Crippen molar-refractivity contribution in [3.05, 3.63) is 59.0 Å². The molecular formula is C20H20F3N5O. The van der Waals surface area contributed by atoms with Gasteiger partial charge in [-0.2, -0.15) is 23.4 Å². The summed E-state index contributed by atoms with van der Waals surface area (Å²) in [7, 11) is 0. The van der Waals surface area contributed by atoms with E-state index in [-0.39, 0.29) is 12.1 Å². The average Bonchev–Trinajstić information content (AvgIpc) is 3.23. The number of benzene rings is 1. The summed E-state index contributed by atoms with van der Waals surface area (Å²) in [6, 6.07) is 11.0. The molecule has 3 aromatic rings. The first-order valence-corrected chi connectivity index (χ1v) is 9.40. The SMILES string of the molecule is Cc1cc(NC(=O)Cn2nc(C(F)(F)F)c3c2CCCC3)n(-c2ccccc2)n1. The molecule has 9 heteroatoms. The topological polar surface area (TPSA) is 64.7 Å². The Morgan fingerprint density at radius 3 is 2.59 bits per heavy atom. The molecule has 0 saturated heterocycles. The van der Waals surface area contributed by atoms with E-state index in [1.165, 1.54) is 4.68 Å². The quantitative estimate of drug-likeness (QED) is 0.718. The molecule has 0 radical (unpaired) electrons. The number of fused-ring (bicyclic) bond motifs is 1. The van der Waals surface area contributed by atoms with Gasteiger partial charge in [0, 0.05) is 17.3 Å². The Hall–Kier alpha value is -3.10. The number of alkyl halides is 3. The number of amides is 1. The van der Waals surface area contributed by atoms with Crippen molar-refractivity contribution in [1.82, 2.24) is 19.6 Å². The van der Waals surface area contributed by atoms with E-state index in [0.717, 1.165) is 12.1 Å². The van der Waals surface area contributed by atoms with Gasteiger partial charge < -0.3 is 5.32 Å². The lowest BCUT2D eigenvalue weighted by atomic mass is 9.95. The van der Waals surface area contributed by atoms with Crippen molar-refractivity contribution in [2.24, 2.45) is 0 Å². The fraction of sp³-hybridized carbons (Fsp3) is 0.350. The second-order valence-corrected chi connectivity index (χ2v) is 7.10. The first-order valence-electron chi connectivity index (χ1n) is 9.40. The number of carbonyl (C=O) groups is 1. The minimum atomic E-state index is -4.52. The van der Waals surface area contributed by atoms with Gasteiger partial charge in [-0.3, -0.25) is 9.48 Å². The summed E-state index contributed by atoms with van der Waals surface area (Å²) < 4.78 is 42.8. The van der Waals surface area contributed by atoms with Crippen molar-refractivity contribution in [1.29, 1.82) is 0 Å². The fourth-order valence-electron chi connectivity index (χ4n) is 3.70. The standard InChI is InChI=1S/C20H20F3N5O/c1-13-11-17(28(25-13)14-7-3-2-4-8-14)24-18(29)12-27-16-10-6-5-9-15(16)19(26-27)20(21,22)23/h2-4,7-8,11H,5-6,9-10,12H2,1H3,(H,24,29). The van der Waals surface area contributed by atoms with E-state index in [0.29, 0.717) is 36.5 Å². The van der Waals surface area contributed by atoms with Crippen LogP contribution in [0.4, 0.5) is 19.0 Å². The van der Waals surface area contributed by atoms with Crippen LogP contribution >= 0.6 is 0 Å². The predicted octanol–water partition coefficient (Wildman–Crippen LogP) is 3.91. The van der Waals surface area contributed by atoms with Gasteiger partial charge in [0.05, 0.1) is 11.4 Å². The maximum absolute atomic E-state index is 13.3. The molecule has 152 valence electrons. The molecule has 1 aliphatic rings. The van der Waals surface area contributed by atoms with Crippen LogP contribution in [0.25, 0.3) is 5.69 Å². The summed E-state index contributed by atoms with van der Waals surface area (Å²) in [5, 5.41) is 10.9. The van der Waals surface area contributed by atoms with Gasteiger partial charge in [-0.05, 0) is 44.7 Å². The molecule has 2 heterocycles. The summed E-state index contributed by atoms with van der Waals surface area (Å²) in [5.41, 5.74) is 1.34. The zero-order valence-electron chi connectivity index (χ0n) is 15.8.